The Morgan fingerprint density at radius 3 is 2.55 bits per heavy atom. The van der Waals surface area contributed by atoms with Crippen molar-refractivity contribution in [2.24, 2.45) is 0 Å². The fourth-order valence-corrected chi connectivity index (χ4v) is 1.89. The maximum atomic E-state index is 13.6. The zero-order chi connectivity index (χ0) is 16.5. The molecule has 0 aromatic heterocycles. The number of carboxylic acids is 1. The number of rotatable bonds is 8. The van der Waals surface area contributed by atoms with Crippen molar-refractivity contribution in [3.8, 4) is 0 Å². The minimum atomic E-state index is -0.939. The highest BCUT2D eigenvalue weighted by Crippen LogP contribution is 2.16. The number of anilines is 1. The molecule has 0 radical (unpaired) electrons. The third-order valence-electron chi connectivity index (χ3n) is 3.22. The van der Waals surface area contributed by atoms with Crippen LogP contribution in [0.15, 0.2) is 24.3 Å². The molecule has 0 saturated heterocycles. The third kappa shape index (κ3) is 5.99. The van der Waals surface area contributed by atoms with Crippen LogP contribution < -0.4 is 10.2 Å². The molecule has 0 aliphatic rings. The monoisotopic (exact) mass is 311 g/mol. The van der Waals surface area contributed by atoms with E-state index in [1.807, 2.05) is 0 Å². The van der Waals surface area contributed by atoms with Gasteiger partial charge in [-0.05, 0) is 18.6 Å². The van der Waals surface area contributed by atoms with Gasteiger partial charge in [-0.3, -0.25) is 4.79 Å². The Morgan fingerprint density at radius 1 is 1.23 bits per heavy atom. The van der Waals surface area contributed by atoms with Gasteiger partial charge in [-0.25, -0.2) is 9.18 Å². The minimum absolute atomic E-state index is 0.0834. The molecule has 0 fully saturated rings. The number of nitrogens with zero attached hydrogens (tertiary/aromatic N) is 2. The topological polar surface area (TPSA) is 72.9 Å². The Kier molecular flexibility index (Phi) is 7.15. The molecule has 1 rings (SSSR count). The third-order valence-corrected chi connectivity index (χ3v) is 3.22. The summed E-state index contributed by atoms with van der Waals surface area (Å²) in [7, 11) is 3.34. The zero-order valence-corrected chi connectivity index (χ0v) is 12.9. The summed E-state index contributed by atoms with van der Waals surface area (Å²) >= 11 is 0. The van der Waals surface area contributed by atoms with Crippen LogP contribution in [0.3, 0.4) is 0 Å². The van der Waals surface area contributed by atoms with Crippen molar-refractivity contribution in [1.82, 2.24) is 10.2 Å². The molecule has 0 aliphatic heterocycles. The van der Waals surface area contributed by atoms with Crippen molar-refractivity contribution in [1.29, 1.82) is 0 Å². The van der Waals surface area contributed by atoms with E-state index in [0.29, 0.717) is 25.2 Å². The van der Waals surface area contributed by atoms with Crippen molar-refractivity contribution in [2.75, 3.05) is 38.6 Å². The first-order chi connectivity index (χ1) is 10.4. The van der Waals surface area contributed by atoms with Crippen molar-refractivity contribution < 1.29 is 19.1 Å². The second-order valence-corrected chi connectivity index (χ2v) is 5.02. The summed E-state index contributed by atoms with van der Waals surface area (Å²) in [4.78, 5) is 25.2. The first-order valence-corrected chi connectivity index (χ1v) is 7.08. The Labute approximate surface area is 129 Å². The van der Waals surface area contributed by atoms with E-state index in [1.54, 1.807) is 37.2 Å². The summed E-state index contributed by atoms with van der Waals surface area (Å²) in [5.41, 5.74) is 0.521. The van der Waals surface area contributed by atoms with Gasteiger partial charge in [0.25, 0.3) is 0 Å². The summed E-state index contributed by atoms with van der Waals surface area (Å²) in [6.45, 7) is 1.20. The quantitative estimate of drug-likeness (QED) is 0.718. The van der Waals surface area contributed by atoms with Crippen LogP contribution in [0.25, 0.3) is 0 Å². The van der Waals surface area contributed by atoms with Crippen molar-refractivity contribution in [3.05, 3.63) is 30.1 Å². The summed E-state index contributed by atoms with van der Waals surface area (Å²) in [6.07, 6.45) is 0.573. The molecule has 0 atom stereocenters. The van der Waals surface area contributed by atoms with Gasteiger partial charge in [0.15, 0.2) is 0 Å². The highest BCUT2D eigenvalue weighted by atomic mass is 19.1. The lowest BCUT2D eigenvalue weighted by Gasteiger charge is -2.21. The second kappa shape index (κ2) is 8.86. The molecule has 0 heterocycles. The Morgan fingerprint density at radius 2 is 1.91 bits per heavy atom. The Balaban J connectivity index is 2.26. The minimum Gasteiger partial charge on any atom is -0.481 e. The van der Waals surface area contributed by atoms with Crippen molar-refractivity contribution >= 4 is 17.7 Å². The SMILES string of the molecule is CN(CCC(=O)O)C(=O)NCCCN(C)c1ccccc1F. The number of amides is 2. The fourth-order valence-electron chi connectivity index (χ4n) is 1.89. The lowest BCUT2D eigenvalue weighted by Crippen LogP contribution is -2.39. The number of hydrogen-bond acceptors (Lipinski definition) is 3. The van der Waals surface area contributed by atoms with Gasteiger partial charge in [0.2, 0.25) is 0 Å². The predicted molar refractivity (Wildman–Crippen MR) is 82.6 cm³/mol. The fraction of sp³-hybridized carbons (Fsp3) is 0.467. The van der Waals surface area contributed by atoms with E-state index < -0.39 is 5.97 Å². The zero-order valence-electron chi connectivity index (χ0n) is 12.9. The van der Waals surface area contributed by atoms with Gasteiger partial charge in [0.1, 0.15) is 5.82 Å². The number of urea groups is 1. The molecule has 2 amide bonds. The maximum absolute atomic E-state index is 13.6. The van der Waals surface area contributed by atoms with Crippen LogP contribution >= 0.6 is 0 Å². The molecule has 6 nitrogen and oxygen atoms in total. The van der Waals surface area contributed by atoms with E-state index in [4.69, 9.17) is 5.11 Å². The number of carboxylic acid groups (broad SMARTS) is 1. The lowest BCUT2D eigenvalue weighted by molar-refractivity contribution is -0.137. The number of benzene rings is 1. The van der Waals surface area contributed by atoms with Crippen LogP contribution in [0, 0.1) is 5.82 Å². The van der Waals surface area contributed by atoms with Gasteiger partial charge >= 0.3 is 12.0 Å². The molecule has 0 spiro atoms. The van der Waals surface area contributed by atoms with Crippen LogP contribution in [-0.2, 0) is 4.79 Å². The van der Waals surface area contributed by atoms with Gasteiger partial charge in [-0.1, -0.05) is 12.1 Å². The summed E-state index contributed by atoms with van der Waals surface area (Å²) in [5, 5.41) is 11.3. The number of carbonyl (C=O) groups excluding carboxylic acids is 1. The highest BCUT2D eigenvalue weighted by Gasteiger charge is 2.10. The molecule has 2 N–H and O–H groups in total. The number of carbonyl (C=O) groups is 2. The molecular formula is C15H22FN3O3. The maximum Gasteiger partial charge on any atom is 0.317 e. The molecule has 122 valence electrons. The van der Waals surface area contributed by atoms with E-state index in [2.05, 4.69) is 5.32 Å². The molecule has 0 bridgehead atoms. The van der Waals surface area contributed by atoms with E-state index >= 15 is 0 Å². The van der Waals surface area contributed by atoms with E-state index in [1.165, 1.54) is 11.0 Å². The van der Waals surface area contributed by atoms with Crippen molar-refractivity contribution in [2.45, 2.75) is 12.8 Å². The molecule has 22 heavy (non-hydrogen) atoms. The van der Waals surface area contributed by atoms with E-state index in [-0.39, 0.29) is 24.8 Å². The normalized spacial score (nSPS) is 10.1. The lowest BCUT2D eigenvalue weighted by atomic mass is 10.2. The molecule has 7 heteroatoms. The van der Waals surface area contributed by atoms with Gasteiger partial charge in [0, 0.05) is 33.7 Å². The Bertz CT molecular complexity index is 511. The first kappa shape index (κ1) is 17.7. The number of halogens is 1. The summed E-state index contributed by atoms with van der Waals surface area (Å²) in [6, 6.07) is 6.21. The average Bonchev–Trinajstić information content (AvgIpc) is 2.49. The molecule has 0 aliphatic carbocycles. The standard InChI is InChI=1S/C15H22FN3O3/c1-18(13-7-4-3-6-12(13)16)10-5-9-17-15(22)19(2)11-8-14(20)21/h3-4,6-7H,5,8-11H2,1-2H3,(H,17,22)(H,20,21). The van der Waals surface area contributed by atoms with Crippen LogP contribution in [0.4, 0.5) is 14.9 Å². The molecule has 0 unspecified atom stereocenters. The van der Waals surface area contributed by atoms with Crippen LogP contribution in [0.2, 0.25) is 0 Å². The highest BCUT2D eigenvalue weighted by molar-refractivity contribution is 5.74. The van der Waals surface area contributed by atoms with Gasteiger partial charge in [-0.15, -0.1) is 0 Å². The second-order valence-electron chi connectivity index (χ2n) is 5.02. The largest absolute Gasteiger partial charge is 0.481 e. The Hall–Kier alpha value is -2.31. The predicted octanol–water partition coefficient (Wildman–Crippen LogP) is 1.77. The van der Waals surface area contributed by atoms with E-state index in [9.17, 15) is 14.0 Å². The number of aliphatic carboxylic acids is 1. The van der Waals surface area contributed by atoms with Gasteiger partial charge in [0.05, 0.1) is 12.1 Å². The average molecular weight is 311 g/mol. The van der Waals surface area contributed by atoms with Crippen LogP contribution in [-0.4, -0.2) is 55.7 Å². The molecule has 0 saturated carbocycles. The van der Waals surface area contributed by atoms with Gasteiger partial charge in [-0.2, -0.15) is 0 Å². The summed E-state index contributed by atoms with van der Waals surface area (Å²) in [5.74, 6) is -1.21. The molecular weight excluding hydrogens is 289 g/mol. The number of nitrogens with one attached hydrogen (secondary N) is 1. The summed E-state index contributed by atoms with van der Waals surface area (Å²) < 4.78 is 13.6. The number of para-hydroxylation sites is 1. The smallest absolute Gasteiger partial charge is 0.317 e. The number of hydrogen-bond donors (Lipinski definition) is 2. The molecule has 1 aromatic rings. The van der Waals surface area contributed by atoms with Gasteiger partial charge < -0.3 is 20.2 Å². The first-order valence-electron chi connectivity index (χ1n) is 7.08. The van der Waals surface area contributed by atoms with Crippen molar-refractivity contribution in [3.63, 3.8) is 0 Å². The molecule has 1 aromatic carbocycles. The van der Waals surface area contributed by atoms with Crippen LogP contribution in [0.5, 0.6) is 0 Å². The van der Waals surface area contributed by atoms with Crippen LogP contribution in [0.1, 0.15) is 12.8 Å². The van der Waals surface area contributed by atoms with E-state index in [0.717, 1.165) is 0 Å².